The van der Waals surface area contributed by atoms with E-state index in [4.69, 9.17) is 0 Å². The molecule has 32 heavy (non-hydrogen) atoms. The summed E-state index contributed by atoms with van der Waals surface area (Å²) < 4.78 is 16.5. The van der Waals surface area contributed by atoms with Gasteiger partial charge in [-0.15, -0.1) is 0 Å². The number of anilines is 1. The second-order valence-corrected chi connectivity index (χ2v) is 7.52. The molecule has 2 aromatic carbocycles. The number of amides is 2. The minimum Gasteiger partial charge on any atom is -0.334 e. The van der Waals surface area contributed by atoms with Crippen LogP contribution in [0.15, 0.2) is 65.9 Å². The molecule has 9 heteroatoms. The van der Waals surface area contributed by atoms with Crippen molar-refractivity contribution in [2.24, 2.45) is 12.0 Å². The number of hydrogen-bond acceptors (Lipinski definition) is 4. The number of aryl methyl sites for hydroxylation is 1. The number of para-hydroxylation sites is 1. The average Bonchev–Trinajstić information content (AvgIpc) is 3.36. The lowest BCUT2D eigenvalue weighted by molar-refractivity contribution is -0.119. The van der Waals surface area contributed by atoms with Crippen LogP contribution in [0.25, 0.3) is 11.2 Å². The molecule has 1 unspecified atom stereocenters. The monoisotopic (exact) mass is 430 g/mol. The van der Waals surface area contributed by atoms with Crippen molar-refractivity contribution in [1.29, 1.82) is 0 Å². The minimum atomic E-state index is -1.24. The van der Waals surface area contributed by atoms with Gasteiger partial charge < -0.3 is 19.8 Å². The van der Waals surface area contributed by atoms with Crippen LogP contribution in [0.1, 0.15) is 21.6 Å². The molecular weight excluding hydrogens is 411 g/mol. The number of halogens is 1. The predicted molar refractivity (Wildman–Crippen MR) is 118 cm³/mol. The minimum absolute atomic E-state index is 0.247. The number of nitrogens with zero attached hydrogens (tertiary/aromatic N) is 4. The molecule has 0 saturated carbocycles. The Balaban J connectivity index is 1.58. The lowest BCUT2D eigenvalue weighted by Crippen LogP contribution is -2.46. The molecule has 2 N–H and O–H groups in total. The van der Waals surface area contributed by atoms with E-state index in [1.807, 2.05) is 7.05 Å². The number of rotatable bonds is 3. The van der Waals surface area contributed by atoms with Crippen molar-refractivity contribution >= 4 is 34.4 Å². The second kappa shape index (κ2) is 7.45. The number of aromatic nitrogens is 3. The summed E-state index contributed by atoms with van der Waals surface area (Å²) in [6.45, 7) is 0. The summed E-state index contributed by atoms with van der Waals surface area (Å²) in [5.41, 5.74) is 3.27. The van der Waals surface area contributed by atoms with Crippen LogP contribution in [-0.4, -0.2) is 45.3 Å². The molecule has 8 nitrogen and oxygen atoms in total. The van der Waals surface area contributed by atoms with Gasteiger partial charge in [0.1, 0.15) is 11.5 Å². The molecule has 0 fully saturated rings. The molecule has 4 aromatic rings. The van der Waals surface area contributed by atoms with Crippen LogP contribution >= 0.6 is 0 Å². The lowest BCUT2D eigenvalue weighted by Gasteiger charge is -2.20. The summed E-state index contributed by atoms with van der Waals surface area (Å²) >= 11 is 0. The van der Waals surface area contributed by atoms with Crippen molar-refractivity contribution in [3.8, 4) is 0 Å². The summed E-state index contributed by atoms with van der Waals surface area (Å²) in [7, 11) is 3.42. The van der Waals surface area contributed by atoms with E-state index in [1.54, 1.807) is 66.5 Å². The fraction of sp³-hybridized carbons (Fsp3) is 0.130. The highest BCUT2D eigenvalue weighted by atomic mass is 19.1. The number of carbonyl (C=O) groups is 2. The van der Waals surface area contributed by atoms with Crippen LogP contribution in [0, 0.1) is 5.82 Å². The van der Waals surface area contributed by atoms with Crippen molar-refractivity contribution in [3.05, 3.63) is 83.6 Å². The first-order valence-electron chi connectivity index (χ1n) is 9.94. The number of nitrogens with one attached hydrogen (secondary N) is 2. The van der Waals surface area contributed by atoms with E-state index in [2.05, 4.69) is 20.3 Å². The number of hydrogen-bond donors (Lipinski definition) is 2. The molecule has 1 aliphatic heterocycles. The highest BCUT2D eigenvalue weighted by molar-refractivity contribution is 6.20. The quantitative estimate of drug-likeness (QED) is 0.523. The van der Waals surface area contributed by atoms with Gasteiger partial charge in [-0.25, -0.2) is 14.4 Å². The Bertz CT molecular complexity index is 1400. The zero-order chi connectivity index (χ0) is 22.4. The maximum atomic E-state index is 14.7. The zero-order valence-electron chi connectivity index (χ0n) is 17.3. The van der Waals surface area contributed by atoms with E-state index < -0.39 is 23.8 Å². The summed E-state index contributed by atoms with van der Waals surface area (Å²) in [6.07, 6.45) is 0.392. The summed E-state index contributed by atoms with van der Waals surface area (Å²) in [4.78, 5) is 39.2. The maximum Gasteiger partial charge on any atom is 0.272 e. The van der Waals surface area contributed by atoms with E-state index >= 15 is 0 Å². The molecule has 2 aromatic heterocycles. The van der Waals surface area contributed by atoms with Gasteiger partial charge in [0, 0.05) is 25.2 Å². The number of carbonyl (C=O) groups excluding carboxylic acids is 2. The number of benzodiazepines with no additional fused rings is 1. The van der Waals surface area contributed by atoms with Crippen LogP contribution in [0.4, 0.5) is 10.1 Å². The number of benzene rings is 2. The third kappa shape index (κ3) is 3.15. The topological polar surface area (TPSA) is 95.4 Å². The van der Waals surface area contributed by atoms with Crippen LogP contribution in [0.5, 0.6) is 0 Å². The Morgan fingerprint density at radius 1 is 1.09 bits per heavy atom. The van der Waals surface area contributed by atoms with E-state index in [0.29, 0.717) is 22.6 Å². The first kappa shape index (κ1) is 19.7. The maximum absolute atomic E-state index is 14.7. The number of fused-ring (bicyclic) bond motifs is 2. The Kier molecular flexibility index (Phi) is 4.58. The van der Waals surface area contributed by atoms with Crippen LogP contribution in [-0.2, 0) is 11.8 Å². The van der Waals surface area contributed by atoms with Crippen molar-refractivity contribution < 1.29 is 14.0 Å². The molecule has 1 atom stereocenters. The van der Waals surface area contributed by atoms with E-state index in [9.17, 15) is 14.0 Å². The van der Waals surface area contributed by atoms with E-state index in [0.717, 1.165) is 5.52 Å². The number of aromatic amines is 1. The van der Waals surface area contributed by atoms with Crippen LogP contribution in [0.2, 0.25) is 0 Å². The molecule has 0 radical (unpaired) electrons. The molecule has 0 aliphatic carbocycles. The third-order valence-corrected chi connectivity index (χ3v) is 5.50. The van der Waals surface area contributed by atoms with Gasteiger partial charge in [0.15, 0.2) is 5.65 Å². The highest BCUT2D eigenvalue weighted by Crippen LogP contribution is 2.28. The van der Waals surface area contributed by atoms with Gasteiger partial charge in [0.25, 0.3) is 11.8 Å². The summed E-state index contributed by atoms with van der Waals surface area (Å²) in [6, 6.07) is 15.0. The smallest absolute Gasteiger partial charge is 0.272 e. The molecule has 0 bridgehead atoms. The Morgan fingerprint density at radius 2 is 1.81 bits per heavy atom. The average molecular weight is 430 g/mol. The molecule has 5 rings (SSSR count). The van der Waals surface area contributed by atoms with Crippen LogP contribution in [0.3, 0.4) is 0 Å². The van der Waals surface area contributed by atoms with Gasteiger partial charge in [-0.1, -0.05) is 30.3 Å². The van der Waals surface area contributed by atoms with Gasteiger partial charge >= 0.3 is 0 Å². The van der Waals surface area contributed by atoms with Gasteiger partial charge in [-0.05, 0) is 24.3 Å². The number of H-pyrrole nitrogens is 1. The van der Waals surface area contributed by atoms with Crippen molar-refractivity contribution in [2.45, 2.75) is 6.17 Å². The SMILES string of the molecule is CN1C(=O)C(NC(=O)c2cc3c(ncn3C)[nH]2)N=C(c2ccccc2F)c2ccccc21. The zero-order valence-corrected chi connectivity index (χ0v) is 17.3. The number of likely N-dealkylation sites (N-methyl/N-ethyl adjacent to an activating group) is 1. The van der Waals surface area contributed by atoms with Gasteiger partial charge in [0.05, 0.1) is 23.2 Å². The van der Waals surface area contributed by atoms with E-state index in [-0.39, 0.29) is 11.3 Å². The Morgan fingerprint density at radius 3 is 2.56 bits per heavy atom. The second-order valence-electron chi connectivity index (χ2n) is 7.52. The van der Waals surface area contributed by atoms with Crippen molar-refractivity contribution in [3.63, 3.8) is 0 Å². The number of aliphatic imine (C=N–C) groups is 1. The fourth-order valence-corrected chi connectivity index (χ4v) is 3.82. The van der Waals surface area contributed by atoms with E-state index in [1.165, 1.54) is 11.0 Å². The first-order valence-corrected chi connectivity index (χ1v) is 9.94. The van der Waals surface area contributed by atoms with Crippen molar-refractivity contribution in [1.82, 2.24) is 19.9 Å². The molecule has 0 spiro atoms. The summed E-state index contributed by atoms with van der Waals surface area (Å²) in [5, 5.41) is 2.67. The molecule has 3 heterocycles. The number of imidazole rings is 1. The Hall–Kier alpha value is -4.27. The predicted octanol–water partition coefficient (Wildman–Crippen LogP) is 2.61. The third-order valence-electron chi connectivity index (χ3n) is 5.50. The first-order chi connectivity index (χ1) is 15.4. The standard InChI is InChI=1S/C23H19FN6O2/c1-29-12-25-20-18(29)11-16(26-20)22(31)28-21-23(32)30(2)17-10-6-4-8-14(17)19(27-21)13-7-3-5-9-15(13)24/h3-12,21,26H,1-2H3,(H,28,31). The van der Waals surface area contributed by atoms with Gasteiger partial charge in [-0.3, -0.25) is 9.59 Å². The van der Waals surface area contributed by atoms with Crippen molar-refractivity contribution in [2.75, 3.05) is 11.9 Å². The largest absolute Gasteiger partial charge is 0.334 e. The highest BCUT2D eigenvalue weighted by Gasteiger charge is 2.32. The fourth-order valence-electron chi connectivity index (χ4n) is 3.82. The molecule has 2 amide bonds. The molecule has 1 aliphatic rings. The Labute approximate surface area is 182 Å². The van der Waals surface area contributed by atoms with Crippen LogP contribution < -0.4 is 10.2 Å². The molecule has 160 valence electrons. The molecular formula is C23H19FN6O2. The lowest BCUT2D eigenvalue weighted by atomic mass is 10.00. The van der Waals surface area contributed by atoms with Gasteiger partial charge in [0.2, 0.25) is 6.17 Å². The van der Waals surface area contributed by atoms with Gasteiger partial charge in [-0.2, -0.15) is 0 Å². The molecule has 0 saturated heterocycles. The summed E-state index contributed by atoms with van der Waals surface area (Å²) in [5.74, 6) is -1.42. The normalized spacial score (nSPS) is 16.0.